The summed E-state index contributed by atoms with van der Waals surface area (Å²) in [5, 5.41) is 14.9. The second-order valence-electron chi connectivity index (χ2n) is 11.7. The second-order valence-corrected chi connectivity index (χ2v) is 12.5. The summed E-state index contributed by atoms with van der Waals surface area (Å²) >= 11 is 12.5. The van der Waals surface area contributed by atoms with Crippen molar-refractivity contribution in [1.29, 1.82) is 0 Å². The van der Waals surface area contributed by atoms with Crippen molar-refractivity contribution < 1.29 is 41.0 Å². The average Bonchev–Trinajstić information content (AvgIpc) is 3.01. The molecule has 1 aliphatic heterocycles. The van der Waals surface area contributed by atoms with Crippen LogP contribution < -0.4 is 11.1 Å². The highest BCUT2D eigenvalue weighted by Crippen LogP contribution is 2.37. The molecule has 14 heteroatoms. The van der Waals surface area contributed by atoms with Gasteiger partial charge in [-0.1, -0.05) is 59.6 Å². The minimum absolute atomic E-state index is 0.0578. The number of nitrogens with two attached hydrogens (primary N) is 1. The Balaban J connectivity index is 1.52. The first kappa shape index (κ1) is 37.0. The molecule has 0 bridgehead atoms. The number of nitrogens with one attached hydrogen (secondary N) is 1. The number of alkyl halides is 6. The van der Waals surface area contributed by atoms with Crippen LogP contribution in [0.25, 0.3) is 0 Å². The van der Waals surface area contributed by atoms with Crippen LogP contribution in [0.5, 0.6) is 0 Å². The Morgan fingerprint density at radius 3 is 2.11 bits per heavy atom. The molecule has 256 valence electrons. The molecule has 0 aliphatic carbocycles. The molecule has 47 heavy (non-hydrogen) atoms. The summed E-state index contributed by atoms with van der Waals surface area (Å²) in [5.41, 5.74) is 2.83. The maximum atomic E-state index is 13.4. The molecule has 0 spiro atoms. The third-order valence-electron chi connectivity index (χ3n) is 8.36. The van der Waals surface area contributed by atoms with Gasteiger partial charge in [0.1, 0.15) is 0 Å². The fraction of sp³-hybridized carbons (Fsp3) is 0.424. The van der Waals surface area contributed by atoms with E-state index in [9.17, 15) is 36.2 Å². The zero-order chi connectivity index (χ0) is 34.4. The predicted octanol–water partition coefficient (Wildman–Crippen LogP) is 7.15. The van der Waals surface area contributed by atoms with Gasteiger partial charge in [-0.2, -0.15) is 26.3 Å². The van der Waals surface area contributed by atoms with E-state index in [4.69, 9.17) is 33.7 Å². The maximum Gasteiger partial charge on any atom is 0.416 e. The van der Waals surface area contributed by atoms with Crippen LogP contribution in [0.1, 0.15) is 53.0 Å². The van der Waals surface area contributed by atoms with Crippen LogP contribution in [0.15, 0.2) is 66.7 Å². The standard InChI is InChI=1S/C33H35Cl2F6N3O3/c34-27-7-6-22(16-28(27)35)26(8-11-44-12-9-31(46,10-13-44)23-4-2-1-3-5-23)29(43-18-30(42)45)20-47-19-21-14-24(32(36,37)38)17-25(15-21)33(39,40)41/h1-7,14-17,26,29,43,46H,8-13,18-20H2,(H2,42,45)/t26-,29+/m1/s1. The van der Waals surface area contributed by atoms with Gasteiger partial charge in [-0.15, -0.1) is 0 Å². The molecular weight excluding hydrogens is 671 g/mol. The van der Waals surface area contributed by atoms with Crippen LogP contribution in [-0.4, -0.2) is 54.7 Å². The maximum absolute atomic E-state index is 13.4. The Labute approximate surface area is 278 Å². The predicted molar refractivity (Wildman–Crippen MR) is 167 cm³/mol. The molecule has 1 fully saturated rings. The number of hydrogen-bond donors (Lipinski definition) is 3. The number of benzene rings is 3. The van der Waals surface area contributed by atoms with Crippen molar-refractivity contribution in [2.75, 3.05) is 32.8 Å². The molecule has 4 rings (SSSR count). The molecule has 3 aromatic carbocycles. The molecule has 1 heterocycles. The topological polar surface area (TPSA) is 87.8 Å². The first-order valence-electron chi connectivity index (χ1n) is 14.9. The van der Waals surface area contributed by atoms with Crippen molar-refractivity contribution in [3.05, 3.63) is 105 Å². The van der Waals surface area contributed by atoms with Gasteiger partial charge >= 0.3 is 12.4 Å². The lowest BCUT2D eigenvalue weighted by atomic mass is 9.84. The van der Waals surface area contributed by atoms with Gasteiger partial charge in [-0.25, -0.2) is 0 Å². The van der Waals surface area contributed by atoms with Gasteiger partial charge in [0.2, 0.25) is 5.91 Å². The lowest BCUT2D eigenvalue weighted by Crippen LogP contribution is -2.46. The Morgan fingerprint density at radius 1 is 0.936 bits per heavy atom. The van der Waals surface area contributed by atoms with Crippen LogP contribution in [0.4, 0.5) is 26.3 Å². The number of rotatable bonds is 13. The molecule has 0 unspecified atom stereocenters. The van der Waals surface area contributed by atoms with E-state index in [1.807, 2.05) is 30.3 Å². The number of piperidine rings is 1. The number of nitrogens with zero attached hydrogens (tertiary/aromatic N) is 1. The van der Waals surface area contributed by atoms with Crippen molar-refractivity contribution in [1.82, 2.24) is 10.2 Å². The fourth-order valence-corrected chi connectivity index (χ4v) is 6.11. The zero-order valence-corrected chi connectivity index (χ0v) is 26.7. The third kappa shape index (κ3) is 10.3. The van der Waals surface area contributed by atoms with Crippen molar-refractivity contribution in [3.8, 4) is 0 Å². The highest BCUT2D eigenvalue weighted by molar-refractivity contribution is 6.42. The number of primary amides is 1. The monoisotopic (exact) mass is 705 g/mol. The van der Waals surface area contributed by atoms with E-state index < -0.39 is 53.6 Å². The van der Waals surface area contributed by atoms with Gasteiger partial charge in [0.25, 0.3) is 0 Å². The summed E-state index contributed by atoms with van der Waals surface area (Å²) in [6.45, 7) is 0.761. The Bertz CT molecular complexity index is 1470. The summed E-state index contributed by atoms with van der Waals surface area (Å²) < 4.78 is 86.0. The molecule has 1 aliphatic rings. The van der Waals surface area contributed by atoms with E-state index in [1.165, 1.54) is 0 Å². The molecule has 3 aromatic rings. The summed E-state index contributed by atoms with van der Waals surface area (Å²) in [7, 11) is 0. The SMILES string of the molecule is NC(=O)CN[C@@H](COCc1cc(C(F)(F)F)cc(C(F)(F)F)c1)[C@H](CCN1CCC(O)(c2ccccc2)CC1)c1ccc(Cl)c(Cl)c1. The van der Waals surface area contributed by atoms with Crippen LogP contribution in [0.2, 0.25) is 10.0 Å². The molecule has 1 amide bonds. The summed E-state index contributed by atoms with van der Waals surface area (Å²) in [6, 6.07) is 15.1. The minimum Gasteiger partial charge on any atom is -0.385 e. The molecule has 6 nitrogen and oxygen atoms in total. The van der Waals surface area contributed by atoms with E-state index in [0.29, 0.717) is 56.1 Å². The van der Waals surface area contributed by atoms with Gasteiger partial charge in [-0.05, 0) is 72.8 Å². The van der Waals surface area contributed by atoms with Crippen LogP contribution in [0, 0.1) is 0 Å². The first-order valence-corrected chi connectivity index (χ1v) is 15.6. The smallest absolute Gasteiger partial charge is 0.385 e. The fourth-order valence-electron chi connectivity index (χ4n) is 5.80. The highest BCUT2D eigenvalue weighted by Gasteiger charge is 2.37. The lowest BCUT2D eigenvalue weighted by Gasteiger charge is -2.39. The van der Waals surface area contributed by atoms with Gasteiger partial charge in [0.15, 0.2) is 0 Å². The normalized spacial score (nSPS) is 17.0. The number of aliphatic hydroxyl groups is 1. The van der Waals surface area contributed by atoms with Crippen molar-refractivity contribution >= 4 is 29.1 Å². The highest BCUT2D eigenvalue weighted by atomic mass is 35.5. The number of carbonyl (C=O) groups excluding carboxylic acids is 1. The molecule has 4 N–H and O–H groups in total. The number of amides is 1. The Hall–Kier alpha value is -2.87. The second kappa shape index (κ2) is 15.6. The average molecular weight is 707 g/mol. The molecule has 0 saturated carbocycles. The molecule has 2 atom stereocenters. The molecule has 0 radical (unpaired) electrons. The first-order chi connectivity index (χ1) is 22.0. The van der Waals surface area contributed by atoms with Gasteiger partial charge in [0.05, 0.1) is 46.5 Å². The van der Waals surface area contributed by atoms with Crippen LogP contribution in [0.3, 0.4) is 0 Å². The summed E-state index contributed by atoms with van der Waals surface area (Å²) in [5.74, 6) is -1.07. The van der Waals surface area contributed by atoms with E-state index in [0.717, 1.165) is 11.1 Å². The van der Waals surface area contributed by atoms with Crippen molar-refractivity contribution in [3.63, 3.8) is 0 Å². The van der Waals surface area contributed by atoms with Crippen LogP contribution >= 0.6 is 23.2 Å². The van der Waals surface area contributed by atoms with Crippen molar-refractivity contribution in [2.45, 2.75) is 55.8 Å². The summed E-state index contributed by atoms with van der Waals surface area (Å²) in [6.07, 6.45) is -8.48. The van der Waals surface area contributed by atoms with E-state index in [1.54, 1.807) is 18.2 Å². The number of carbonyl (C=O) groups is 1. The molecule has 0 aromatic heterocycles. The van der Waals surface area contributed by atoms with E-state index >= 15 is 0 Å². The number of halogens is 8. The number of ether oxygens (including phenoxy) is 1. The third-order valence-corrected chi connectivity index (χ3v) is 9.10. The number of hydrogen-bond acceptors (Lipinski definition) is 5. The Morgan fingerprint density at radius 2 is 1.55 bits per heavy atom. The number of likely N-dealkylation sites (tertiary alicyclic amines) is 1. The summed E-state index contributed by atoms with van der Waals surface area (Å²) in [4.78, 5) is 13.9. The quantitative estimate of drug-likeness (QED) is 0.165. The lowest BCUT2D eigenvalue weighted by molar-refractivity contribution is -0.143. The zero-order valence-electron chi connectivity index (χ0n) is 25.2. The molecular formula is C33H35Cl2F6N3O3. The van der Waals surface area contributed by atoms with E-state index in [2.05, 4.69) is 10.2 Å². The Kier molecular flexibility index (Phi) is 12.2. The minimum atomic E-state index is -4.99. The van der Waals surface area contributed by atoms with Gasteiger partial charge < -0.3 is 25.8 Å². The van der Waals surface area contributed by atoms with Crippen LogP contribution in [-0.2, 0) is 34.1 Å². The van der Waals surface area contributed by atoms with E-state index in [-0.39, 0.29) is 29.8 Å². The van der Waals surface area contributed by atoms with Gasteiger partial charge in [-0.3, -0.25) is 4.79 Å². The molecule has 1 saturated heterocycles. The van der Waals surface area contributed by atoms with Gasteiger partial charge in [0, 0.05) is 25.0 Å². The van der Waals surface area contributed by atoms with Crippen molar-refractivity contribution in [2.24, 2.45) is 5.73 Å². The largest absolute Gasteiger partial charge is 0.416 e.